The third kappa shape index (κ3) is 7.42. The van der Waals surface area contributed by atoms with Crippen LogP contribution in [0.15, 0.2) is 72.8 Å². The van der Waals surface area contributed by atoms with Crippen LogP contribution in [0.1, 0.15) is 73.4 Å². The number of nitrogens with two attached hydrogens (primary N) is 3. The summed E-state index contributed by atoms with van der Waals surface area (Å²) >= 11 is 0. The van der Waals surface area contributed by atoms with Crippen LogP contribution in [0.3, 0.4) is 0 Å². The zero-order valence-corrected chi connectivity index (χ0v) is 23.9. The highest BCUT2D eigenvalue weighted by Gasteiger charge is 2.17. The molecule has 0 amide bonds. The molecule has 0 fully saturated rings. The number of ketones is 1. The lowest BCUT2D eigenvalue weighted by Crippen LogP contribution is -2.05. The molecule has 42 heavy (non-hydrogen) atoms. The maximum absolute atomic E-state index is 12.4. The third-order valence-electron chi connectivity index (χ3n) is 7.12. The summed E-state index contributed by atoms with van der Waals surface area (Å²) in [5.74, 6) is 0.806. The molecule has 0 saturated carbocycles. The SMILES string of the molecule is CCCCc1nc2c(N)nc3ccccc3c2n1CCCCCC(=O)c1ccc(N)cc1.Nc1ccc(C(=O)O)cc1.[2HH]. The van der Waals surface area contributed by atoms with E-state index in [1.54, 1.807) is 36.4 Å². The van der Waals surface area contributed by atoms with Gasteiger partial charge >= 0.3 is 5.97 Å². The van der Waals surface area contributed by atoms with E-state index < -0.39 is 5.97 Å². The number of nitrogens with zero attached hydrogens (tertiary/aromatic N) is 3. The van der Waals surface area contributed by atoms with E-state index in [2.05, 4.69) is 22.5 Å². The number of carbonyl (C=O) groups is 2. The van der Waals surface area contributed by atoms with E-state index in [0.717, 1.165) is 78.4 Å². The van der Waals surface area contributed by atoms with E-state index in [1.807, 2.05) is 18.2 Å². The number of pyridine rings is 1. The average Bonchev–Trinajstić information content (AvgIpc) is 3.36. The second-order valence-corrected chi connectivity index (χ2v) is 10.3. The number of hydrogen-bond acceptors (Lipinski definition) is 7. The van der Waals surface area contributed by atoms with Gasteiger partial charge in [-0.1, -0.05) is 38.0 Å². The van der Waals surface area contributed by atoms with Gasteiger partial charge < -0.3 is 26.9 Å². The molecule has 5 rings (SSSR count). The number of aromatic nitrogens is 3. The molecule has 220 valence electrons. The molecule has 9 nitrogen and oxygen atoms in total. The summed E-state index contributed by atoms with van der Waals surface area (Å²) in [4.78, 5) is 32.1. The van der Waals surface area contributed by atoms with Crippen molar-refractivity contribution in [3.05, 3.63) is 89.7 Å². The summed E-state index contributed by atoms with van der Waals surface area (Å²) in [6.07, 6.45) is 6.51. The van der Waals surface area contributed by atoms with Gasteiger partial charge in [-0.2, -0.15) is 0 Å². The van der Waals surface area contributed by atoms with Crippen molar-refractivity contribution in [2.75, 3.05) is 17.2 Å². The van der Waals surface area contributed by atoms with Crippen molar-refractivity contribution >= 4 is 50.9 Å². The molecule has 0 spiro atoms. The molecule has 5 aromatic rings. The fourth-order valence-electron chi connectivity index (χ4n) is 4.84. The lowest BCUT2D eigenvalue weighted by Gasteiger charge is -2.11. The number of Topliss-reactive ketones (excluding diaryl/α,β-unsaturated/α-hetero) is 1. The molecule has 2 aromatic heterocycles. The highest BCUT2D eigenvalue weighted by Crippen LogP contribution is 2.29. The van der Waals surface area contributed by atoms with Crippen LogP contribution in [0.2, 0.25) is 0 Å². The number of carboxylic acid groups (broad SMARTS) is 1. The first-order valence-electron chi connectivity index (χ1n) is 14.3. The number of carbonyl (C=O) groups excluding carboxylic acids is 1. The van der Waals surface area contributed by atoms with Gasteiger partial charge in [-0.3, -0.25) is 4.79 Å². The molecule has 0 atom stereocenters. The Morgan fingerprint density at radius 3 is 2.10 bits per heavy atom. The van der Waals surface area contributed by atoms with Crippen molar-refractivity contribution < 1.29 is 16.1 Å². The van der Waals surface area contributed by atoms with E-state index in [0.29, 0.717) is 23.6 Å². The molecule has 7 N–H and O–H groups in total. The number of fused-ring (bicyclic) bond motifs is 3. The maximum Gasteiger partial charge on any atom is 0.335 e. The average molecular weight is 570 g/mol. The Kier molecular flexibility index (Phi) is 10.1. The Bertz CT molecular complexity index is 1670. The largest absolute Gasteiger partial charge is 0.478 e. The molecule has 0 bridgehead atoms. The first-order valence-corrected chi connectivity index (χ1v) is 14.3. The zero-order chi connectivity index (χ0) is 30.1. The van der Waals surface area contributed by atoms with Gasteiger partial charge in [0.1, 0.15) is 11.3 Å². The van der Waals surface area contributed by atoms with Crippen LogP contribution in [-0.4, -0.2) is 31.4 Å². The summed E-state index contributed by atoms with van der Waals surface area (Å²) in [6, 6.07) is 21.3. The van der Waals surface area contributed by atoms with E-state index in [1.165, 1.54) is 12.1 Å². The summed E-state index contributed by atoms with van der Waals surface area (Å²) in [5.41, 5.74) is 22.3. The number of unbranched alkanes of at least 4 members (excludes halogenated alkanes) is 3. The minimum atomic E-state index is -0.931. The van der Waals surface area contributed by atoms with Crippen LogP contribution in [0.25, 0.3) is 21.9 Å². The summed E-state index contributed by atoms with van der Waals surface area (Å²) in [5, 5.41) is 9.52. The quantitative estimate of drug-likeness (QED) is 0.0771. The second-order valence-electron chi connectivity index (χ2n) is 10.3. The molecule has 0 aliphatic heterocycles. The van der Waals surface area contributed by atoms with Gasteiger partial charge in [-0.15, -0.1) is 0 Å². The van der Waals surface area contributed by atoms with Gasteiger partial charge in [0.25, 0.3) is 0 Å². The topological polar surface area (TPSA) is 163 Å². The standard InChI is InChI=1S/C26H31N5O.C7H7NO2.H2/c1-2-3-12-23-30-24-25(20-9-6-7-10-21(20)29-26(24)28)31(23)17-8-4-5-11-22(32)18-13-15-19(27)16-14-18;8-6-3-1-5(2-4-6)7(9)10;/h6-7,9-10,13-16H,2-5,8,11-12,17,27H2,1H3,(H2,28,29);1-4H,8H2,(H,9,10);1H/i;;1+1. The number of rotatable bonds is 11. The Labute approximate surface area is 246 Å². The lowest BCUT2D eigenvalue weighted by molar-refractivity contribution is 0.0696. The number of para-hydroxylation sites is 1. The monoisotopic (exact) mass is 569 g/mol. The molecule has 2 heterocycles. The number of carboxylic acids is 1. The van der Waals surface area contributed by atoms with E-state index in [4.69, 9.17) is 27.3 Å². The molecule has 0 aliphatic carbocycles. The second kappa shape index (κ2) is 14.1. The molecule has 9 heteroatoms. The van der Waals surface area contributed by atoms with Gasteiger partial charge in [0.05, 0.1) is 16.6 Å². The van der Waals surface area contributed by atoms with Gasteiger partial charge in [-0.05, 0) is 73.9 Å². The Morgan fingerprint density at radius 1 is 0.810 bits per heavy atom. The normalized spacial score (nSPS) is 10.9. The molecule has 0 unspecified atom stereocenters. The first kappa shape index (κ1) is 30.0. The van der Waals surface area contributed by atoms with Crippen molar-refractivity contribution in [2.24, 2.45) is 0 Å². The minimum Gasteiger partial charge on any atom is -0.478 e. The predicted octanol–water partition coefficient (Wildman–Crippen LogP) is 6.75. The molecular formula is C33H40N6O3. The van der Waals surface area contributed by atoms with Crippen molar-refractivity contribution in [1.29, 1.82) is 0 Å². The number of imidazole rings is 1. The number of benzene rings is 3. The molecule has 0 radical (unpaired) electrons. The zero-order valence-electron chi connectivity index (χ0n) is 23.9. The fraction of sp³-hybridized carbons (Fsp3) is 0.273. The highest BCUT2D eigenvalue weighted by atomic mass is 16.4. The number of anilines is 3. The van der Waals surface area contributed by atoms with Gasteiger partial charge in [0.15, 0.2) is 11.6 Å². The number of aromatic carboxylic acids is 1. The minimum absolute atomic E-state index is 0. The van der Waals surface area contributed by atoms with Crippen LogP contribution in [0, 0.1) is 0 Å². The summed E-state index contributed by atoms with van der Waals surface area (Å²) < 4.78 is 2.33. The Hall–Kier alpha value is -4.92. The van der Waals surface area contributed by atoms with E-state index >= 15 is 0 Å². The number of hydrogen-bond donors (Lipinski definition) is 4. The van der Waals surface area contributed by atoms with Crippen LogP contribution in [-0.2, 0) is 13.0 Å². The van der Waals surface area contributed by atoms with Crippen LogP contribution >= 0.6 is 0 Å². The summed E-state index contributed by atoms with van der Waals surface area (Å²) in [6.45, 7) is 3.05. The smallest absolute Gasteiger partial charge is 0.335 e. The maximum atomic E-state index is 12.4. The van der Waals surface area contributed by atoms with Crippen molar-refractivity contribution in [3.8, 4) is 0 Å². The molecule has 3 aromatic carbocycles. The van der Waals surface area contributed by atoms with Crippen LogP contribution in [0.4, 0.5) is 17.2 Å². The third-order valence-corrected chi connectivity index (χ3v) is 7.12. The van der Waals surface area contributed by atoms with E-state index in [9.17, 15) is 9.59 Å². The molecule has 0 saturated heterocycles. The predicted molar refractivity (Wildman–Crippen MR) is 172 cm³/mol. The Morgan fingerprint density at radius 2 is 1.45 bits per heavy atom. The summed E-state index contributed by atoms with van der Waals surface area (Å²) in [7, 11) is 0. The highest BCUT2D eigenvalue weighted by molar-refractivity contribution is 6.06. The van der Waals surface area contributed by atoms with Crippen molar-refractivity contribution in [1.82, 2.24) is 14.5 Å². The van der Waals surface area contributed by atoms with Gasteiger partial charge in [0, 0.05) is 43.1 Å². The Balaban J connectivity index is 0.000000392. The van der Waals surface area contributed by atoms with Crippen LogP contribution in [0.5, 0.6) is 0 Å². The van der Waals surface area contributed by atoms with E-state index in [-0.39, 0.29) is 12.8 Å². The van der Waals surface area contributed by atoms with Gasteiger partial charge in [0.2, 0.25) is 0 Å². The number of aryl methyl sites for hydroxylation is 2. The van der Waals surface area contributed by atoms with Crippen LogP contribution < -0.4 is 17.2 Å². The van der Waals surface area contributed by atoms with Crippen molar-refractivity contribution in [3.63, 3.8) is 0 Å². The fourth-order valence-corrected chi connectivity index (χ4v) is 4.84. The number of nitrogen functional groups attached to an aromatic ring is 3. The lowest BCUT2D eigenvalue weighted by atomic mass is 10.0. The van der Waals surface area contributed by atoms with Crippen molar-refractivity contribution in [2.45, 2.75) is 58.4 Å². The molecular weight excluding hydrogens is 528 g/mol. The van der Waals surface area contributed by atoms with Gasteiger partial charge in [-0.25, -0.2) is 14.8 Å². The first-order chi connectivity index (χ1) is 20.3. The molecule has 0 aliphatic rings.